The average molecular weight is 369 g/mol. The molecule has 14 aliphatic rings. The third kappa shape index (κ3) is 1.11. The van der Waals surface area contributed by atoms with E-state index >= 15 is 0 Å². The average Bonchev–Trinajstić information content (AvgIpc) is 3.47. The quantitative estimate of drug-likeness (QED) is 0.520. The molecule has 0 radical (unpaired) electrons. The van der Waals surface area contributed by atoms with E-state index < -0.39 is 0 Å². The van der Waals surface area contributed by atoms with Crippen molar-refractivity contribution < 1.29 is 0 Å². The fourth-order valence-electron chi connectivity index (χ4n) is 14.7. The highest BCUT2D eigenvalue weighted by molar-refractivity contribution is 5.34. The molecule has 144 valence electrons. The van der Waals surface area contributed by atoms with Gasteiger partial charge in [-0.15, -0.1) is 0 Å². The Hall–Kier alpha value is -0.520. The van der Waals surface area contributed by atoms with Gasteiger partial charge in [-0.2, -0.15) is 0 Å². The topological polar surface area (TPSA) is 0 Å². The first kappa shape index (κ1) is 13.7. The Balaban J connectivity index is 0.0000000860. The van der Waals surface area contributed by atoms with Crippen LogP contribution in [0.25, 0.3) is 0 Å². The van der Waals surface area contributed by atoms with Crippen LogP contribution in [0.4, 0.5) is 0 Å². The summed E-state index contributed by atoms with van der Waals surface area (Å²) in [6.45, 7) is 0. The standard InChI is InChI=1S/2C14H16/c2*1-2-6-3-5(1)9-10(6)12-7-4-8-13(11(7)9)14(8)12/h2*1-2,5-14H,3-4H2. The lowest BCUT2D eigenvalue weighted by Crippen LogP contribution is -2.27. The van der Waals surface area contributed by atoms with Crippen molar-refractivity contribution in [1.82, 2.24) is 0 Å². The maximum Gasteiger partial charge on any atom is -0.0194 e. The van der Waals surface area contributed by atoms with Crippen LogP contribution in [0, 0.1) is 118 Å². The zero-order chi connectivity index (χ0) is 17.2. The van der Waals surface area contributed by atoms with Gasteiger partial charge in [0.15, 0.2) is 0 Å². The molecule has 0 N–H and O–H groups in total. The highest BCUT2D eigenvalue weighted by Gasteiger charge is 2.83. The maximum atomic E-state index is 2.58. The van der Waals surface area contributed by atoms with Crippen molar-refractivity contribution in [3.8, 4) is 0 Å². The molecule has 14 rings (SSSR count). The molecule has 0 nitrogen and oxygen atoms in total. The summed E-state index contributed by atoms with van der Waals surface area (Å²) >= 11 is 0. The Labute approximate surface area is 168 Å². The third-order valence-corrected chi connectivity index (χ3v) is 14.4. The molecule has 16 bridgehead atoms. The van der Waals surface area contributed by atoms with Crippen LogP contribution in [-0.2, 0) is 0 Å². The van der Waals surface area contributed by atoms with Gasteiger partial charge < -0.3 is 0 Å². The SMILES string of the molecule is C1=CC2CC1C1C2C2C3CC4C(C31)C42.C1=CC2CC1C1C2C2C3CC4C(C31)C42. The van der Waals surface area contributed by atoms with E-state index in [1.807, 2.05) is 0 Å². The van der Waals surface area contributed by atoms with E-state index in [9.17, 15) is 0 Å². The van der Waals surface area contributed by atoms with Gasteiger partial charge in [0.2, 0.25) is 0 Å². The van der Waals surface area contributed by atoms with Crippen molar-refractivity contribution in [3.05, 3.63) is 24.3 Å². The van der Waals surface area contributed by atoms with E-state index in [1.165, 1.54) is 94.7 Å². The van der Waals surface area contributed by atoms with Gasteiger partial charge in [0.05, 0.1) is 0 Å². The zero-order valence-corrected chi connectivity index (χ0v) is 16.7. The molecular formula is C28H32. The summed E-state index contributed by atoms with van der Waals surface area (Å²) in [7, 11) is 0. The third-order valence-electron chi connectivity index (χ3n) is 14.4. The van der Waals surface area contributed by atoms with Crippen LogP contribution in [0.3, 0.4) is 0 Å². The lowest BCUT2D eigenvalue weighted by molar-refractivity contribution is 0.196. The summed E-state index contributed by atoms with van der Waals surface area (Å²) in [6.07, 6.45) is 16.8. The number of fused-ring (bicyclic) bond motifs is 10. The molecule has 0 heteroatoms. The molecule has 28 heavy (non-hydrogen) atoms. The van der Waals surface area contributed by atoms with E-state index in [0.29, 0.717) is 0 Å². The molecule has 0 aromatic rings. The largest absolute Gasteiger partial charge is 0.0848 e. The Morgan fingerprint density at radius 3 is 0.786 bits per heavy atom. The van der Waals surface area contributed by atoms with Crippen LogP contribution in [0.5, 0.6) is 0 Å². The Morgan fingerprint density at radius 2 is 0.536 bits per heavy atom. The van der Waals surface area contributed by atoms with Gasteiger partial charge in [-0.25, -0.2) is 0 Å². The van der Waals surface area contributed by atoms with Crippen LogP contribution < -0.4 is 0 Å². The molecular weight excluding hydrogens is 336 g/mol. The summed E-state index contributed by atoms with van der Waals surface area (Å²) in [6, 6.07) is 0. The smallest absolute Gasteiger partial charge is 0.0194 e. The Bertz CT molecular complexity index is 773. The van der Waals surface area contributed by atoms with Gasteiger partial charge in [-0.1, -0.05) is 24.3 Å². The monoisotopic (exact) mass is 368 g/mol. The second-order valence-corrected chi connectivity index (χ2v) is 14.0. The molecule has 0 amide bonds. The van der Waals surface area contributed by atoms with Crippen LogP contribution in [0.1, 0.15) is 25.7 Å². The molecule has 14 aliphatic carbocycles. The minimum Gasteiger partial charge on any atom is -0.0848 e. The molecule has 12 saturated carbocycles. The van der Waals surface area contributed by atoms with Crippen molar-refractivity contribution in [3.63, 3.8) is 0 Å². The fraction of sp³-hybridized carbons (Fsp3) is 0.857. The van der Waals surface area contributed by atoms with Crippen molar-refractivity contribution in [2.24, 2.45) is 118 Å². The number of rotatable bonds is 0. The fourth-order valence-corrected chi connectivity index (χ4v) is 14.7. The van der Waals surface area contributed by atoms with Crippen LogP contribution >= 0.6 is 0 Å². The van der Waals surface area contributed by atoms with Crippen molar-refractivity contribution >= 4 is 0 Å². The van der Waals surface area contributed by atoms with Crippen LogP contribution in [0.2, 0.25) is 0 Å². The lowest BCUT2D eigenvalue weighted by Gasteiger charge is -2.31. The molecule has 0 saturated heterocycles. The summed E-state index contributed by atoms with van der Waals surface area (Å²) in [4.78, 5) is 0. The molecule has 0 aromatic heterocycles. The summed E-state index contributed by atoms with van der Waals surface area (Å²) in [5, 5.41) is 0. The first-order valence-electron chi connectivity index (χ1n) is 13.3. The second-order valence-electron chi connectivity index (χ2n) is 14.0. The molecule has 0 aliphatic heterocycles. The van der Waals surface area contributed by atoms with E-state index in [-0.39, 0.29) is 0 Å². The van der Waals surface area contributed by atoms with Gasteiger partial charge in [0, 0.05) is 0 Å². The molecule has 0 atom stereocenters. The van der Waals surface area contributed by atoms with Gasteiger partial charge >= 0.3 is 0 Å². The first-order valence-corrected chi connectivity index (χ1v) is 13.3. The maximum absolute atomic E-state index is 2.58. The van der Waals surface area contributed by atoms with Crippen LogP contribution in [-0.4, -0.2) is 0 Å². The summed E-state index contributed by atoms with van der Waals surface area (Å²) in [5.41, 5.74) is 0. The Kier molecular flexibility index (Phi) is 1.85. The highest BCUT2D eigenvalue weighted by Crippen LogP contribution is 2.87. The van der Waals surface area contributed by atoms with Gasteiger partial charge in [0.25, 0.3) is 0 Å². The summed E-state index contributed by atoms with van der Waals surface area (Å²) < 4.78 is 0. The Morgan fingerprint density at radius 1 is 0.286 bits per heavy atom. The predicted molar refractivity (Wildman–Crippen MR) is 107 cm³/mol. The van der Waals surface area contributed by atoms with Crippen LogP contribution in [0.15, 0.2) is 24.3 Å². The molecule has 0 unspecified atom stereocenters. The van der Waals surface area contributed by atoms with Gasteiger partial charge in [-0.3, -0.25) is 0 Å². The van der Waals surface area contributed by atoms with E-state index in [1.54, 1.807) is 25.7 Å². The molecule has 0 heterocycles. The minimum atomic E-state index is 1.04. The predicted octanol–water partition coefficient (Wildman–Crippen LogP) is 5.13. The lowest BCUT2D eigenvalue weighted by atomic mass is 9.73. The van der Waals surface area contributed by atoms with Gasteiger partial charge in [0.1, 0.15) is 0 Å². The van der Waals surface area contributed by atoms with Crippen molar-refractivity contribution in [2.75, 3.05) is 0 Å². The highest BCUT2D eigenvalue weighted by atomic mass is 14.9. The second kappa shape index (κ2) is 3.78. The number of hydrogen-bond acceptors (Lipinski definition) is 0. The molecule has 12 fully saturated rings. The van der Waals surface area contributed by atoms with E-state index in [4.69, 9.17) is 0 Å². The molecule has 0 aromatic carbocycles. The van der Waals surface area contributed by atoms with Gasteiger partial charge in [-0.05, 0) is 144 Å². The van der Waals surface area contributed by atoms with E-state index in [2.05, 4.69) is 24.3 Å². The zero-order valence-electron chi connectivity index (χ0n) is 16.7. The first-order chi connectivity index (χ1) is 13.9. The number of hydrogen-bond donors (Lipinski definition) is 0. The van der Waals surface area contributed by atoms with Crippen molar-refractivity contribution in [2.45, 2.75) is 25.7 Å². The minimum absolute atomic E-state index is 1.04. The van der Waals surface area contributed by atoms with E-state index in [0.717, 1.165) is 23.7 Å². The molecule has 0 spiro atoms. The van der Waals surface area contributed by atoms with Crippen molar-refractivity contribution in [1.29, 1.82) is 0 Å². The normalized spacial score (nSPS) is 82.9. The summed E-state index contributed by atoms with van der Waals surface area (Å²) in [5.74, 6) is 23.9. The number of allylic oxidation sites excluding steroid dienone is 4.